The number of aliphatic carboxylic acids is 2. The van der Waals surface area contributed by atoms with Crippen LogP contribution >= 0.6 is 22.6 Å². The lowest BCUT2D eigenvalue weighted by molar-refractivity contribution is -0.137. The van der Waals surface area contributed by atoms with E-state index in [4.69, 9.17) is 10.2 Å². The van der Waals surface area contributed by atoms with Crippen molar-refractivity contribution in [1.29, 1.82) is 0 Å². The van der Waals surface area contributed by atoms with Gasteiger partial charge in [-0.25, -0.2) is 4.79 Å². The maximum atomic E-state index is 10.9. The third kappa shape index (κ3) is 6.09. The molecule has 0 saturated carbocycles. The van der Waals surface area contributed by atoms with Gasteiger partial charge in [0, 0.05) is 9.99 Å². The van der Waals surface area contributed by atoms with Crippen LogP contribution in [-0.4, -0.2) is 22.2 Å². The summed E-state index contributed by atoms with van der Waals surface area (Å²) in [7, 11) is 0. The maximum Gasteiger partial charge on any atom is 0.353 e. The van der Waals surface area contributed by atoms with Crippen LogP contribution in [0.1, 0.15) is 12.8 Å². The van der Waals surface area contributed by atoms with Gasteiger partial charge in [0.05, 0.1) is 5.69 Å². The van der Waals surface area contributed by atoms with E-state index >= 15 is 0 Å². The van der Waals surface area contributed by atoms with Crippen molar-refractivity contribution < 1.29 is 19.8 Å². The number of carboxylic acid groups (broad SMARTS) is 2. The molecule has 0 aromatic heterocycles. The number of hydrogen-bond donors (Lipinski definition) is 4. The molecule has 1 rings (SSSR count). The zero-order valence-corrected chi connectivity index (χ0v) is 12.0. The van der Waals surface area contributed by atoms with Crippen molar-refractivity contribution in [3.05, 3.63) is 39.6 Å². The van der Waals surface area contributed by atoms with E-state index in [2.05, 4.69) is 33.4 Å². The smallest absolute Gasteiger partial charge is 0.353 e. The SMILES string of the molecule is O=C(O)CCC=C(NNc1cccc(I)c1)C(=O)O. The minimum atomic E-state index is -1.15. The topological polar surface area (TPSA) is 98.7 Å². The molecule has 0 heterocycles. The predicted octanol–water partition coefficient (Wildman–Crippen LogP) is 2.04. The molecule has 0 spiro atoms. The largest absolute Gasteiger partial charge is 0.481 e. The zero-order valence-electron chi connectivity index (χ0n) is 9.89. The van der Waals surface area contributed by atoms with Crippen LogP contribution in [0.3, 0.4) is 0 Å². The van der Waals surface area contributed by atoms with E-state index < -0.39 is 11.9 Å². The highest BCUT2D eigenvalue weighted by Crippen LogP contribution is 2.11. The Labute approximate surface area is 123 Å². The van der Waals surface area contributed by atoms with E-state index in [1.54, 1.807) is 6.07 Å². The van der Waals surface area contributed by atoms with Crippen LogP contribution in [-0.2, 0) is 9.59 Å². The van der Waals surface area contributed by atoms with Gasteiger partial charge in [0.2, 0.25) is 0 Å². The van der Waals surface area contributed by atoms with Crippen molar-refractivity contribution >= 4 is 40.2 Å². The van der Waals surface area contributed by atoms with Crippen LogP contribution in [0.4, 0.5) is 5.69 Å². The molecule has 0 aliphatic carbocycles. The average Bonchev–Trinajstić information content (AvgIpc) is 2.32. The van der Waals surface area contributed by atoms with Gasteiger partial charge in [-0.1, -0.05) is 12.1 Å². The average molecular weight is 376 g/mol. The fraction of sp³-hybridized carbons (Fsp3) is 0.167. The Morgan fingerprint density at radius 1 is 1.32 bits per heavy atom. The molecule has 1 aromatic carbocycles. The highest BCUT2D eigenvalue weighted by atomic mass is 127. The fourth-order valence-electron chi connectivity index (χ4n) is 1.24. The lowest BCUT2D eigenvalue weighted by atomic mass is 10.2. The number of anilines is 1. The number of halogens is 1. The Balaban J connectivity index is 2.59. The second-order valence-electron chi connectivity index (χ2n) is 3.62. The van der Waals surface area contributed by atoms with Gasteiger partial charge in [0.1, 0.15) is 5.70 Å². The molecule has 7 heteroatoms. The normalized spacial score (nSPS) is 10.9. The number of benzene rings is 1. The summed E-state index contributed by atoms with van der Waals surface area (Å²) in [6.07, 6.45) is 1.37. The number of rotatable bonds is 7. The Morgan fingerprint density at radius 3 is 2.63 bits per heavy atom. The first-order valence-corrected chi connectivity index (χ1v) is 6.50. The summed E-state index contributed by atoms with van der Waals surface area (Å²) in [6.45, 7) is 0. The molecule has 19 heavy (non-hydrogen) atoms. The number of carbonyl (C=O) groups is 2. The van der Waals surface area contributed by atoms with E-state index in [1.807, 2.05) is 18.2 Å². The lowest BCUT2D eigenvalue weighted by Crippen LogP contribution is -2.26. The molecule has 0 fully saturated rings. The zero-order chi connectivity index (χ0) is 14.3. The number of hydrogen-bond acceptors (Lipinski definition) is 4. The first kappa shape index (κ1) is 15.3. The third-order valence-corrected chi connectivity index (χ3v) is 2.77. The molecule has 0 atom stereocenters. The molecule has 0 saturated heterocycles. The van der Waals surface area contributed by atoms with E-state index in [1.165, 1.54) is 6.08 Å². The molecule has 0 aliphatic rings. The van der Waals surface area contributed by atoms with E-state index in [9.17, 15) is 9.59 Å². The van der Waals surface area contributed by atoms with Gasteiger partial charge in [0.25, 0.3) is 0 Å². The van der Waals surface area contributed by atoms with Crippen LogP contribution < -0.4 is 10.9 Å². The molecule has 4 N–H and O–H groups in total. The van der Waals surface area contributed by atoms with E-state index in [0.717, 1.165) is 9.26 Å². The highest BCUT2D eigenvalue weighted by molar-refractivity contribution is 14.1. The number of nitrogens with one attached hydrogen (secondary N) is 2. The van der Waals surface area contributed by atoms with Gasteiger partial charge < -0.3 is 15.6 Å². The Bertz CT molecular complexity index is 502. The molecule has 1 aromatic rings. The van der Waals surface area contributed by atoms with Gasteiger partial charge in [-0.15, -0.1) is 0 Å². The van der Waals surface area contributed by atoms with Crippen LogP contribution in [0.2, 0.25) is 0 Å². The van der Waals surface area contributed by atoms with Crippen LogP contribution in [0.15, 0.2) is 36.0 Å². The molecule has 0 bridgehead atoms. The number of carboxylic acids is 2. The summed E-state index contributed by atoms with van der Waals surface area (Å²) < 4.78 is 1.01. The van der Waals surface area contributed by atoms with Crippen LogP contribution in [0.5, 0.6) is 0 Å². The fourth-order valence-corrected chi connectivity index (χ4v) is 1.78. The molecular weight excluding hydrogens is 363 g/mol. The van der Waals surface area contributed by atoms with Crippen LogP contribution in [0, 0.1) is 3.57 Å². The van der Waals surface area contributed by atoms with Crippen molar-refractivity contribution in [1.82, 2.24) is 5.43 Å². The Morgan fingerprint density at radius 2 is 2.05 bits per heavy atom. The monoisotopic (exact) mass is 376 g/mol. The molecule has 0 radical (unpaired) electrons. The first-order valence-electron chi connectivity index (χ1n) is 5.42. The lowest BCUT2D eigenvalue weighted by Gasteiger charge is -2.10. The standard InChI is InChI=1S/C12H13IN2O4/c13-8-3-1-4-9(7-8)14-15-10(12(18)19)5-2-6-11(16)17/h1,3-5,7,14-15H,2,6H2,(H,16,17)(H,18,19). The maximum absolute atomic E-state index is 10.9. The van der Waals surface area contributed by atoms with Crippen molar-refractivity contribution in [2.45, 2.75) is 12.8 Å². The number of hydrazine groups is 1. The minimum absolute atomic E-state index is 0.0832. The molecule has 102 valence electrons. The first-order chi connectivity index (χ1) is 8.99. The second-order valence-corrected chi connectivity index (χ2v) is 4.86. The third-order valence-electron chi connectivity index (χ3n) is 2.10. The molecular formula is C12H13IN2O4. The highest BCUT2D eigenvalue weighted by Gasteiger charge is 2.06. The van der Waals surface area contributed by atoms with Crippen molar-refractivity contribution in [3.8, 4) is 0 Å². The number of allylic oxidation sites excluding steroid dienone is 1. The summed E-state index contributed by atoms with van der Waals surface area (Å²) >= 11 is 2.14. The Kier molecular flexibility index (Phi) is 6.13. The van der Waals surface area contributed by atoms with Gasteiger partial charge >= 0.3 is 11.9 Å². The summed E-state index contributed by atoms with van der Waals surface area (Å²) in [4.78, 5) is 21.3. The predicted molar refractivity (Wildman–Crippen MR) is 78.5 cm³/mol. The molecule has 6 nitrogen and oxygen atoms in total. The van der Waals surface area contributed by atoms with Crippen molar-refractivity contribution in [3.63, 3.8) is 0 Å². The second kappa shape index (κ2) is 7.62. The summed E-state index contributed by atoms with van der Waals surface area (Å²) in [5.74, 6) is -2.12. The van der Waals surface area contributed by atoms with E-state index in [0.29, 0.717) is 0 Å². The molecule has 0 aliphatic heterocycles. The van der Waals surface area contributed by atoms with Crippen LogP contribution in [0.25, 0.3) is 0 Å². The quantitative estimate of drug-likeness (QED) is 0.330. The Hall–Kier alpha value is -1.77. The molecule has 0 unspecified atom stereocenters. The van der Waals surface area contributed by atoms with Crippen molar-refractivity contribution in [2.75, 3.05) is 5.43 Å². The minimum Gasteiger partial charge on any atom is -0.481 e. The van der Waals surface area contributed by atoms with Gasteiger partial charge in [0.15, 0.2) is 0 Å². The van der Waals surface area contributed by atoms with Crippen molar-refractivity contribution in [2.24, 2.45) is 0 Å². The molecule has 0 amide bonds. The summed E-state index contributed by atoms with van der Waals surface area (Å²) in [6, 6.07) is 7.36. The summed E-state index contributed by atoms with van der Waals surface area (Å²) in [5.41, 5.74) is 5.94. The van der Waals surface area contributed by atoms with E-state index in [-0.39, 0.29) is 18.5 Å². The van der Waals surface area contributed by atoms with Gasteiger partial charge in [-0.3, -0.25) is 10.2 Å². The summed E-state index contributed by atoms with van der Waals surface area (Å²) in [5, 5.41) is 17.4. The van der Waals surface area contributed by atoms with Gasteiger partial charge in [-0.2, -0.15) is 0 Å². The van der Waals surface area contributed by atoms with Gasteiger partial charge in [-0.05, 0) is 47.2 Å².